The predicted octanol–water partition coefficient (Wildman–Crippen LogP) is -3.28. The van der Waals surface area contributed by atoms with Crippen LogP contribution >= 0.6 is 0 Å². The van der Waals surface area contributed by atoms with E-state index >= 15 is 0 Å². The van der Waals surface area contributed by atoms with Gasteiger partial charge < -0.3 is 175 Å². The summed E-state index contributed by atoms with van der Waals surface area (Å²) >= 11 is 0. The number of hydrogen-bond acceptors (Lipinski definition) is 25. The quantitative estimate of drug-likeness (QED) is 0.0423. The molecule has 12 heterocycles. The number of quaternary nitrogens is 3. The third-order valence-electron chi connectivity index (χ3n) is 42.8. The average molecular weight is 2120 g/mol. The van der Waals surface area contributed by atoms with Gasteiger partial charge in [-0.25, -0.2) is 0 Å². The maximum absolute atomic E-state index is 12.0. The van der Waals surface area contributed by atoms with Crippen molar-refractivity contribution in [2.24, 2.45) is 11.8 Å². The van der Waals surface area contributed by atoms with Crippen LogP contribution in [-0.2, 0) is 126 Å². The molecule has 812 valence electrons. The number of nitrogens with zero attached hydrogens (tertiary/aromatic N) is 3. The lowest BCUT2D eigenvalue weighted by Gasteiger charge is -2.63. The second-order valence-corrected chi connectivity index (χ2v) is 47.8. The number of aliphatic hydroxyl groups excluding tert-OH is 4. The molecule has 31 heteroatoms. The van der Waals surface area contributed by atoms with Gasteiger partial charge >= 0.3 is 0 Å². The van der Waals surface area contributed by atoms with E-state index in [0.29, 0.717) is 75.1 Å². The monoisotopic (exact) mass is 2120 g/mol. The van der Waals surface area contributed by atoms with Crippen molar-refractivity contribution in [3.63, 3.8) is 0 Å². The van der Waals surface area contributed by atoms with Crippen molar-refractivity contribution in [1.29, 1.82) is 0 Å². The van der Waals surface area contributed by atoms with Crippen LogP contribution in [0.4, 0.5) is 0 Å². The fourth-order valence-electron chi connectivity index (χ4n) is 36.7. The van der Waals surface area contributed by atoms with Crippen LogP contribution in [0.1, 0.15) is 220 Å². The maximum atomic E-state index is 12.0. The number of piperidine rings is 6. The van der Waals surface area contributed by atoms with E-state index in [4.69, 9.17) is 56.8 Å². The zero-order valence-corrected chi connectivity index (χ0v) is 90.9. The van der Waals surface area contributed by atoms with E-state index in [1.807, 2.05) is 71.9 Å². The summed E-state index contributed by atoms with van der Waals surface area (Å²) in [6.45, 7) is 22.3. The van der Waals surface area contributed by atoms with Crippen molar-refractivity contribution >= 4 is 0 Å². The van der Waals surface area contributed by atoms with Crippen LogP contribution in [0.25, 0.3) is 0 Å². The number of ether oxygens (including phenoxy) is 12. The van der Waals surface area contributed by atoms with Gasteiger partial charge in [0, 0.05) is 169 Å². The van der Waals surface area contributed by atoms with Crippen LogP contribution < -0.4 is 80.3 Å². The van der Waals surface area contributed by atoms with Gasteiger partial charge in [0.2, 0.25) is 0 Å². The van der Waals surface area contributed by atoms with Crippen LogP contribution in [0, 0.1) is 11.8 Å². The molecule has 12 bridgehead atoms. The van der Waals surface area contributed by atoms with E-state index in [1.165, 1.54) is 72.0 Å². The van der Waals surface area contributed by atoms with Gasteiger partial charge in [0.25, 0.3) is 0 Å². The van der Waals surface area contributed by atoms with E-state index in [9.17, 15) is 51.1 Å². The van der Waals surface area contributed by atoms with Crippen LogP contribution in [0.2, 0.25) is 0 Å². The Morgan fingerprint density at radius 3 is 1.03 bits per heavy atom. The Labute approximate surface area is 894 Å². The molecule has 33 atom stereocenters. The number of phenols is 2. The molecule has 6 saturated heterocycles. The average Bonchev–Trinajstić information content (AvgIpc) is 1.52. The van der Waals surface area contributed by atoms with Gasteiger partial charge in [0.05, 0.1) is 136 Å². The predicted molar refractivity (Wildman–Crippen MR) is 543 cm³/mol. The number of benzene rings is 6. The molecule has 4 saturated carbocycles. The minimum absolute atomic E-state index is 0. The molecule has 28 nitrogen and oxygen atoms in total. The SMILES string of the molecule is CCO[C@H]1C=CC2C3Cc4ccc(CO)c5c4[C@@]2(CCN3C)[C@H]1O5.CCO[C@H]1C=CC2C3Cc4ccc(CO)c5c4[C@@]2(CC[NH+]3C)[C@H]1O5.CCO[C@H]1CC[C@@]2(O)C3Cc4ccc(CO)c5c4[C@@]2(CCN3C)[C@H]1O5.CCO[C@H]1CC[C@@]2(O)C3Cc4ccc(CO)c5c4[C@@]2(CC[NH+]3C)[C@H]1O5.CCO[C@H]1CC[C@@]2(O)C3Cc4ccc(O)c5c4[C@@]2(CCN3C)[C@H]1O5.CCO[C@H]1CC[C@@]2(O)C3Cc4ccc(O)c5c4[C@@]2(CC[NH+]3C)[C@H]1O5.[Cl-].[Cl-].[Cl-]. The number of likely N-dealkylation sites (tertiary alicyclic amines) is 6. The van der Waals surface area contributed by atoms with Gasteiger partial charge in [-0.05, 0) is 218 Å². The number of likely N-dealkylation sites (N-methyl/N-ethyl adjacent to an activating group) is 6. The summed E-state index contributed by atoms with van der Waals surface area (Å²) in [5, 5.41) is 108. The molecule has 6 spiro atoms. The smallest absolute Gasteiger partial charge is 0.165 e. The van der Waals surface area contributed by atoms with E-state index in [-0.39, 0.29) is 189 Å². The third-order valence-corrected chi connectivity index (χ3v) is 42.8. The molecular formula is C118H157Cl3N6O22. The van der Waals surface area contributed by atoms with Crippen LogP contribution in [-0.4, -0.2) is 319 Å². The maximum Gasteiger partial charge on any atom is 0.165 e. The Morgan fingerprint density at radius 2 is 0.638 bits per heavy atom. The third kappa shape index (κ3) is 14.2. The van der Waals surface area contributed by atoms with Gasteiger partial charge in [0.1, 0.15) is 95.1 Å². The van der Waals surface area contributed by atoms with Gasteiger partial charge in [-0.1, -0.05) is 85.0 Å². The zero-order valence-electron chi connectivity index (χ0n) is 88.6. The molecule has 30 rings (SSSR count). The number of nitrogens with one attached hydrogen (secondary N) is 3. The summed E-state index contributed by atoms with van der Waals surface area (Å²) in [5.74, 6) is 6.10. The minimum Gasteiger partial charge on any atom is -1.00 e. The van der Waals surface area contributed by atoms with Crippen molar-refractivity contribution in [1.82, 2.24) is 14.7 Å². The molecule has 149 heavy (non-hydrogen) atoms. The molecule has 12 aliphatic carbocycles. The first-order valence-electron chi connectivity index (χ1n) is 55.9. The molecule has 6 aromatic rings. The van der Waals surface area contributed by atoms with Crippen LogP contribution in [0.3, 0.4) is 0 Å². The first-order valence-corrected chi connectivity index (χ1v) is 55.9. The summed E-state index contributed by atoms with van der Waals surface area (Å²) in [7, 11) is 13.2. The summed E-state index contributed by atoms with van der Waals surface area (Å²) in [6.07, 6.45) is 26.1. The first-order chi connectivity index (χ1) is 70.6. The Bertz CT molecular complexity index is 5820. The molecule has 6 aromatic carbocycles. The molecule has 13 N–H and O–H groups in total. The summed E-state index contributed by atoms with van der Waals surface area (Å²) in [5.41, 5.74) is 13.8. The van der Waals surface area contributed by atoms with Crippen molar-refractivity contribution in [3.8, 4) is 46.0 Å². The van der Waals surface area contributed by atoms with Crippen molar-refractivity contribution < 1.29 is 160 Å². The van der Waals surface area contributed by atoms with Gasteiger partial charge in [-0.2, -0.15) is 0 Å². The lowest BCUT2D eigenvalue weighted by atomic mass is 9.48. The molecular weight excluding hydrogens is 1960 g/mol. The summed E-state index contributed by atoms with van der Waals surface area (Å²) in [6, 6.07) is 26.1. The lowest BCUT2D eigenvalue weighted by Crippen LogP contribution is -3.19. The molecule has 11 unspecified atom stereocenters. The number of aliphatic hydroxyl groups is 8. The number of aromatic hydroxyl groups is 2. The normalized spacial score (nSPS) is 41.2. The topological polar surface area (TPSA) is 336 Å². The summed E-state index contributed by atoms with van der Waals surface area (Å²) < 4.78 is 75.0. The molecule has 10 fully saturated rings. The zero-order chi connectivity index (χ0) is 101. The minimum atomic E-state index is -0.815. The van der Waals surface area contributed by atoms with Gasteiger partial charge in [0.15, 0.2) is 23.0 Å². The second kappa shape index (κ2) is 38.9. The van der Waals surface area contributed by atoms with Gasteiger partial charge in [-0.3, -0.25) is 0 Å². The highest BCUT2D eigenvalue weighted by Gasteiger charge is 2.80. The fraction of sp³-hybridized carbons (Fsp3) is 0.661. The van der Waals surface area contributed by atoms with E-state index in [2.05, 4.69) is 112 Å². The molecule has 24 aliphatic rings. The Kier molecular flexibility index (Phi) is 27.8. The Balaban J connectivity index is 0.000000101. The molecule has 0 aromatic heterocycles. The summed E-state index contributed by atoms with van der Waals surface area (Å²) in [4.78, 5) is 11.6. The van der Waals surface area contributed by atoms with Crippen LogP contribution in [0.15, 0.2) is 97.1 Å². The highest BCUT2D eigenvalue weighted by Crippen LogP contribution is 2.72. The van der Waals surface area contributed by atoms with E-state index in [1.54, 1.807) is 17.0 Å². The highest BCUT2D eigenvalue weighted by atomic mass is 35.5. The fourth-order valence-corrected chi connectivity index (χ4v) is 36.7. The van der Waals surface area contributed by atoms with Gasteiger partial charge in [-0.15, -0.1) is 0 Å². The number of hydrogen-bond donors (Lipinski definition) is 13. The number of rotatable bonds is 16. The molecule has 12 aliphatic heterocycles. The van der Waals surface area contributed by atoms with Crippen LogP contribution in [0.5, 0.6) is 46.0 Å². The Morgan fingerprint density at radius 1 is 0.322 bits per heavy atom. The Hall–Kier alpha value is -6.73. The number of halogens is 3. The highest BCUT2D eigenvalue weighted by molar-refractivity contribution is 5.68. The van der Waals surface area contributed by atoms with Crippen molar-refractivity contribution in [3.05, 3.63) is 186 Å². The molecule has 0 amide bonds. The van der Waals surface area contributed by atoms with Crippen molar-refractivity contribution in [2.75, 3.05) is 121 Å². The second-order valence-electron chi connectivity index (χ2n) is 47.8. The lowest BCUT2D eigenvalue weighted by molar-refractivity contribution is -0.924. The standard InChI is InChI=1S/2C20H27NO4.2C20H25NO3.2C19H25NO4.3ClH/c2*1-3-24-14-6-7-20(23)15-10-12-4-5-13(11-22)17-16(12)19(20,18(14)25-17)8-9-21(15)2;2*1-3-23-16-7-6-14-15-10-12-4-5-13(11-22)18-17(12)20(14,19(16)24-18)8-9-21(15)2;2*1-3-23-13-6-7-19(22)14-10-11-4-5-12(21)16-15(11)18(19,17(13)24-16)8-9-20(14)2;;;/h2*4-5,14-15,18,22-23H,3,6-11H2,1-2H3;2*4-7,14-16,19,22H,3,8-11H2,1-2H3;2*4-5,13-14,17,21-22H,3,6-10H2,1-2H3;3*1H/t2*14-,15?,18-,19-,20+;2*14?,15?,16-,19-,20-;2*13-,14?,17-,18-,19+;;;/m000000.../s1. The van der Waals surface area contributed by atoms with E-state index < -0.39 is 38.6 Å². The van der Waals surface area contributed by atoms with Crippen molar-refractivity contribution in [2.45, 2.75) is 361 Å². The molecule has 0 radical (unpaired) electrons. The number of phenolic OH excluding ortho intramolecular Hbond substituents is 2. The first kappa shape index (κ1) is 107. The largest absolute Gasteiger partial charge is 1.00 e. The van der Waals surface area contributed by atoms with E-state index in [0.717, 1.165) is 218 Å².